The number of nitrogens with one attached hydrogen (secondary N) is 1. The normalized spacial score (nSPS) is 16.0. The van der Waals surface area contributed by atoms with Gasteiger partial charge >= 0.3 is 0 Å². The first-order chi connectivity index (χ1) is 9.90. The standard InChI is InChI=1S/C14H13N3O3.ClH/c1-2-10(13-11(3-1)18-8-19-13)14-16-5-4-12(17-14)20-9-6-15-7-9;/h1-5,9,15H,6-8H2;1H. The van der Waals surface area contributed by atoms with Gasteiger partial charge < -0.3 is 19.5 Å². The zero-order valence-electron chi connectivity index (χ0n) is 11.1. The number of halogens is 1. The minimum atomic E-state index is 0. The predicted molar refractivity (Wildman–Crippen MR) is 78.1 cm³/mol. The fourth-order valence-electron chi connectivity index (χ4n) is 2.16. The first-order valence-corrected chi connectivity index (χ1v) is 6.49. The van der Waals surface area contributed by atoms with E-state index in [2.05, 4.69) is 15.3 Å². The summed E-state index contributed by atoms with van der Waals surface area (Å²) in [4.78, 5) is 8.74. The quantitative estimate of drug-likeness (QED) is 0.930. The molecule has 0 bridgehead atoms. The second-order valence-electron chi connectivity index (χ2n) is 4.66. The van der Waals surface area contributed by atoms with Crippen LogP contribution in [0.5, 0.6) is 17.4 Å². The van der Waals surface area contributed by atoms with E-state index in [1.165, 1.54) is 0 Å². The van der Waals surface area contributed by atoms with E-state index < -0.39 is 0 Å². The highest BCUT2D eigenvalue weighted by Crippen LogP contribution is 2.40. The molecule has 21 heavy (non-hydrogen) atoms. The number of benzene rings is 1. The second-order valence-corrected chi connectivity index (χ2v) is 4.66. The van der Waals surface area contributed by atoms with E-state index in [9.17, 15) is 0 Å². The lowest BCUT2D eigenvalue weighted by Crippen LogP contribution is -2.50. The van der Waals surface area contributed by atoms with E-state index >= 15 is 0 Å². The monoisotopic (exact) mass is 307 g/mol. The van der Waals surface area contributed by atoms with Crippen molar-refractivity contribution in [2.45, 2.75) is 6.10 Å². The Balaban J connectivity index is 0.00000132. The van der Waals surface area contributed by atoms with Crippen LogP contribution in [0.1, 0.15) is 0 Å². The van der Waals surface area contributed by atoms with Gasteiger partial charge in [-0.3, -0.25) is 0 Å². The summed E-state index contributed by atoms with van der Waals surface area (Å²) in [7, 11) is 0. The van der Waals surface area contributed by atoms with Crippen molar-refractivity contribution in [3.8, 4) is 28.8 Å². The third-order valence-corrected chi connectivity index (χ3v) is 3.30. The van der Waals surface area contributed by atoms with Crippen LogP contribution < -0.4 is 19.5 Å². The van der Waals surface area contributed by atoms with Crippen LogP contribution in [-0.4, -0.2) is 36.0 Å². The second kappa shape index (κ2) is 5.75. The van der Waals surface area contributed by atoms with Crippen molar-refractivity contribution < 1.29 is 14.2 Å². The van der Waals surface area contributed by atoms with Gasteiger partial charge in [0.05, 0.1) is 5.56 Å². The molecule has 6 nitrogen and oxygen atoms in total. The van der Waals surface area contributed by atoms with E-state index in [1.54, 1.807) is 12.3 Å². The van der Waals surface area contributed by atoms with Crippen LogP contribution in [0.3, 0.4) is 0 Å². The smallest absolute Gasteiger partial charge is 0.231 e. The molecule has 1 aromatic heterocycles. The number of rotatable bonds is 3. The average molecular weight is 308 g/mol. The maximum Gasteiger partial charge on any atom is 0.231 e. The van der Waals surface area contributed by atoms with Crippen molar-refractivity contribution in [2.24, 2.45) is 0 Å². The Bertz CT molecular complexity index is 649. The third kappa shape index (κ3) is 2.59. The van der Waals surface area contributed by atoms with Crippen LogP contribution in [0.15, 0.2) is 30.5 Å². The molecule has 0 aliphatic carbocycles. The fraction of sp³-hybridized carbons (Fsp3) is 0.286. The number of nitrogens with zero attached hydrogens (tertiary/aromatic N) is 2. The molecular weight excluding hydrogens is 294 g/mol. The fourth-order valence-corrected chi connectivity index (χ4v) is 2.16. The van der Waals surface area contributed by atoms with Gasteiger partial charge in [-0.2, -0.15) is 4.98 Å². The van der Waals surface area contributed by atoms with Crippen LogP contribution in [0.25, 0.3) is 11.4 Å². The van der Waals surface area contributed by atoms with Gasteiger partial charge in [-0.25, -0.2) is 4.98 Å². The summed E-state index contributed by atoms with van der Waals surface area (Å²) in [5.74, 6) is 2.57. The van der Waals surface area contributed by atoms with Crippen LogP contribution in [0.4, 0.5) is 0 Å². The molecule has 0 radical (unpaired) electrons. The summed E-state index contributed by atoms with van der Waals surface area (Å²) in [6.07, 6.45) is 1.89. The Morgan fingerprint density at radius 3 is 2.90 bits per heavy atom. The molecule has 2 aliphatic rings. The number of para-hydroxylation sites is 1. The van der Waals surface area contributed by atoms with Gasteiger partial charge in [0.1, 0.15) is 6.10 Å². The SMILES string of the molecule is Cl.c1cc2c(c(-c3nccc(OC4CNC4)n3)c1)OCO2. The molecule has 1 fully saturated rings. The molecule has 1 aromatic carbocycles. The number of ether oxygens (including phenoxy) is 3. The Hall–Kier alpha value is -2.05. The molecule has 1 N–H and O–H groups in total. The number of aromatic nitrogens is 2. The zero-order valence-corrected chi connectivity index (χ0v) is 11.9. The van der Waals surface area contributed by atoms with Gasteiger partial charge in [-0.1, -0.05) is 6.07 Å². The Morgan fingerprint density at radius 2 is 2.10 bits per heavy atom. The lowest BCUT2D eigenvalue weighted by atomic mass is 10.1. The van der Waals surface area contributed by atoms with Crippen molar-refractivity contribution in [1.29, 1.82) is 0 Å². The van der Waals surface area contributed by atoms with Gasteiger partial charge in [-0.15, -0.1) is 12.4 Å². The van der Waals surface area contributed by atoms with Crippen LogP contribution in [0.2, 0.25) is 0 Å². The van der Waals surface area contributed by atoms with E-state index in [-0.39, 0.29) is 25.3 Å². The van der Waals surface area contributed by atoms with Gasteiger partial charge in [0.15, 0.2) is 17.3 Å². The Labute approximate surface area is 127 Å². The highest BCUT2D eigenvalue weighted by molar-refractivity contribution is 5.85. The first kappa shape index (κ1) is 13.9. The highest BCUT2D eigenvalue weighted by atomic mass is 35.5. The summed E-state index contributed by atoms with van der Waals surface area (Å²) in [6, 6.07) is 7.45. The summed E-state index contributed by atoms with van der Waals surface area (Å²) in [5, 5.41) is 3.16. The Kier molecular flexibility index (Phi) is 3.81. The van der Waals surface area contributed by atoms with Crippen LogP contribution in [0, 0.1) is 0 Å². The van der Waals surface area contributed by atoms with Crippen LogP contribution in [-0.2, 0) is 0 Å². The predicted octanol–water partition coefficient (Wildman–Crippen LogP) is 1.64. The van der Waals surface area contributed by atoms with E-state index in [0.717, 1.165) is 24.4 Å². The molecular formula is C14H14ClN3O3. The van der Waals surface area contributed by atoms with E-state index in [4.69, 9.17) is 14.2 Å². The molecule has 2 aromatic rings. The van der Waals surface area contributed by atoms with Crippen molar-refractivity contribution in [1.82, 2.24) is 15.3 Å². The molecule has 0 amide bonds. The minimum Gasteiger partial charge on any atom is -0.472 e. The molecule has 4 rings (SSSR count). The third-order valence-electron chi connectivity index (χ3n) is 3.30. The molecule has 0 spiro atoms. The van der Waals surface area contributed by atoms with Crippen LogP contribution >= 0.6 is 12.4 Å². The number of hydrogen-bond acceptors (Lipinski definition) is 6. The average Bonchev–Trinajstić information content (AvgIpc) is 2.91. The van der Waals surface area contributed by atoms with E-state index in [0.29, 0.717) is 17.5 Å². The first-order valence-electron chi connectivity index (χ1n) is 6.49. The Morgan fingerprint density at radius 1 is 1.19 bits per heavy atom. The molecule has 0 unspecified atom stereocenters. The van der Waals surface area contributed by atoms with Gasteiger partial charge in [0, 0.05) is 25.4 Å². The van der Waals surface area contributed by atoms with Gasteiger partial charge in [0.25, 0.3) is 0 Å². The van der Waals surface area contributed by atoms with Gasteiger partial charge in [0.2, 0.25) is 12.7 Å². The lowest BCUT2D eigenvalue weighted by molar-refractivity contribution is 0.136. The topological polar surface area (TPSA) is 65.5 Å². The highest BCUT2D eigenvalue weighted by Gasteiger charge is 2.22. The van der Waals surface area contributed by atoms with E-state index in [1.807, 2.05) is 18.2 Å². The summed E-state index contributed by atoms with van der Waals surface area (Å²) >= 11 is 0. The maximum atomic E-state index is 5.75. The summed E-state index contributed by atoms with van der Waals surface area (Å²) in [5.41, 5.74) is 0.817. The van der Waals surface area contributed by atoms with Crippen molar-refractivity contribution in [3.63, 3.8) is 0 Å². The molecule has 2 aliphatic heterocycles. The van der Waals surface area contributed by atoms with Crippen molar-refractivity contribution in [2.75, 3.05) is 19.9 Å². The lowest BCUT2D eigenvalue weighted by Gasteiger charge is -2.27. The van der Waals surface area contributed by atoms with Gasteiger partial charge in [-0.05, 0) is 12.1 Å². The minimum absolute atomic E-state index is 0. The summed E-state index contributed by atoms with van der Waals surface area (Å²) in [6.45, 7) is 1.95. The molecule has 7 heteroatoms. The van der Waals surface area contributed by atoms with Crippen molar-refractivity contribution >= 4 is 12.4 Å². The molecule has 110 valence electrons. The maximum absolute atomic E-state index is 5.75. The molecule has 3 heterocycles. The molecule has 0 saturated carbocycles. The number of hydrogen-bond donors (Lipinski definition) is 1. The van der Waals surface area contributed by atoms with Crippen molar-refractivity contribution in [3.05, 3.63) is 30.5 Å². The largest absolute Gasteiger partial charge is 0.472 e. The number of fused-ring (bicyclic) bond motifs is 1. The molecule has 0 atom stereocenters. The zero-order chi connectivity index (χ0) is 13.4. The molecule has 1 saturated heterocycles. The summed E-state index contributed by atoms with van der Waals surface area (Å²) < 4.78 is 16.6.